The highest BCUT2D eigenvalue weighted by molar-refractivity contribution is 5.43. The Morgan fingerprint density at radius 2 is 2.16 bits per heavy atom. The molecule has 0 aliphatic carbocycles. The molecule has 19 heavy (non-hydrogen) atoms. The number of hydrogen-bond donors (Lipinski definition) is 0. The molecular formula is C14H14N4O. The zero-order chi connectivity index (χ0) is 13.1. The molecule has 3 aromatic rings. The molecule has 96 valence electrons. The molecule has 0 aliphatic heterocycles. The molecule has 0 unspecified atom stereocenters. The van der Waals surface area contributed by atoms with E-state index in [1.165, 1.54) is 10.2 Å². The molecule has 0 aliphatic rings. The summed E-state index contributed by atoms with van der Waals surface area (Å²) >= 11 is 0. The second-order valence-corrected chi connectivity index (χ2v) is 4.42. The van der Waals surface area contributed by atoms with Gasteiger partial charge in [0.1, 0.15) is 11.8 Å². The van der Waals surface area contributed by atoms with E-state index >= 15 is 0 Å². The maximum absolute atomic E-state index is 12.1. The molecule has 0 radical (unpaired) electrons. The van der Waals surface area contributed by atoms with E-state index in [4.69, 9.17) is 0 Å². The molecule has 3 rings (SSSR count). The lowest BCUT2D eigenvalue weighted by molar-refractivity contribution is 0.543. The molecule has 0 saturated carbocycles. The Morgan fingerprint density at radius 1 is 1.21 bits per heavy atom. The fraction of sp³-hybridized carbons (Fsp3) is 0.214. The van der Waals surface area contributed by atoms with Crippen molar-refractivity contribution < 1.29 is 0 Å². The minimum Gasteiger partial charge on any atom is -0.301 e. The smallest absolute Gasteiger partial charge is 0.290 e. The van der Waals surface area contributed by atoms with Gasteiger partial charge in [-0.3, -0.25) is 9.78 Å². The highest BCUT2D eigenvalue weighted by Gasteiger charge is 2.03. The Hall–Kier alpha value is -2.43. The summed E-state index contributed by atoms with van der Waals surface area (Å²) in [5.74, 6) is 0. The summed E-state index contributed by atoms with van der Waals surface area (Å²) < 4.78 is 3.26. The molecule has 0 aromatic carbocycles. The van der Waals surface area contributed by atoms with Crippen LogP contribution in [0.5, 0.6) is 0 Å². The largest absolute Gasteiger partial charge is 0.301 e. The summed E-state index contributed by atoms with van der Waals surface area (Å²) in [4.78, 5) is 16.2. The summed E-state index contributed by atoms with van der Waals surface area (Å²) in [5, 5.41) is 4.16. The quantitative estimate of drug-likeness (QED) is 0.709. The maximum Gasteiger partial charge on any atom is 0.290 e. The fourth-order valence-corrected chi connectivity index (χ4v) is 2.12. The molecular weight excluding hydrogens is 240 g/mol. The molecule has 3 aromatic heterocycles. The summed E-state index contributed by atoms with van der Waals surface area (Å²) in [6.07, 6.45) is 8.87. The van der Waals surface area contributed by atoms with Crippen LogP contribution in [-0.2, 0) is 13.0 Å². The molecule has 0 fully saturated rings. The van der Waals surface area contributed by atoms with E-state index in [2.05, 4.69) is 10.1 Å². The Labute approximate surface area is 110 Å². The van der Waals surface area contributed by atoms with Crippen molar-refractivity contribution in [2.45, 2.75) is 19.4 Å². The zero-order valence-electron chi connectivity index (χ0n) is 10.4. The summed E-state index contributed by atoms with van der Waals surface area (Å²) in [6, 6.07) is 7.62. The lowest BCUT2D eigenvalue weighted by Gasteiger charge is -2.05. The lowest BCUT2D eigenvalue weighted by Crippen LogP contribution is -2.24. The number of aromatic nitrogens is 4. The molecule has 3 heterocycles. The van der Waals surface area contributed by atoms with Gasteiger partial charge in [-0.1, -0.05) is 6.07 Å². The van der Waals surface area contributed by atoms with Crippen LogP contribution in [0.3, 0.4) is 0 Å². The van der Waals surface area contributed by atoms with E-state index in [0.29, 0.717) is 12.1 Å². The molecule has 5 heteroatoms. The van der Waals surface area contributed by atoms with Crippen molar-refractivity contribution in [2.75, 3.05) is 0 Å². The normalized spacial score (nSPS) is 10.9. The Kier molecular flexibility index (Phi) is 3.10. The van der Waals surface area contributed by atoms with Crippen molar-refractivity contribution >= 4 is 5.52 Å². The van der Waals surface area contributed by atoms with E-state index in [-0.39, 0.29) is 5.56 Å². The highest BCUT2D eigenvalue weighted by Crippen LogP contribution is 2.02. The first kappa shape index (κ1) is 11.6. The molecule has 0 amide bonds. The number of pyridine rings is 1. The standard InChI is InChI=1S/C14H14N4O/c19-14-13-6-3-8-17(13)11-16-18(14)9-2-5-12-4-1-7-15-10-12/h1,3-4,6-8,10-11H,2,5,9H2. The van der Waals surface area contributed by atoms with Crippen LogP contribution >= 0.6 is 0 Å². The van der Waals surface area contributed by atoms with Crippen LogP contribution in [0.25, 0.3) is 5.52 Å². The van der Waals surface area contributed by atoms with Gasteiger partial charge in [-0.05, 0) is 36.6 Å². The third-order valence-electron chi connectivity index (χ3n) is 3.11. The van der Waals surface area contributed by atoms with Crippen molar-refractivity contribution in [1.29, 1.82) is 0 Å². The van der Waals surface area contributed by atoms with Gasteiger partial charge in [0.2, 0.25) is 0 Å². The van der Waals surface area contributed by atoms with Gasteiger partial charge in [-0.15, -0.1) is 0 Å². The van der Waals surface area contributed by atoms with Crippen LogP contribution in [0.1, 0.15) is 12.0 Å². The summed E-state index contributed by atoms with van der Waals surface area (Å²) in [7, 11) is 0. The molecule has 0 N–H and O–H groups in total. The van der Waals surface area contributed by atoms with Gasteiger partial charge in [0.05, 0.1) is 0 Å². The van der Waals surface area contributed by atoms with E-state index in [0.717, 1.165) is 12.8 Å². The van der Waals surface area contributed by atoms with E-state index in [1.54, 1.807) is 16.9 Å². The predicted molar refractivity (Wildman–Crippen MR) is 72.0 cm³/mol. The third kappa shape index (κ3) is 2.40. The number of rotatable bonds is 4. The van der Waals surface area contributed by atoms with Gasteiger partial charge in [0.25, 0.3) is 5.56 Å². The van der Waals surface area contributed by atoms with E-state index in [1.807, 2.05) is 36.7 Å². The first-order valence-corrected chi connectivity index (χ1v) is 6.26. The van der Waals surface area contributed by atoms with Crippen molar-refractivity contribution in [3.63, 3.8) is 0 Å². The van der Waals surface area contributed by atoms with Crippen LogP contribution in [0.15, 0.2) is 54.0 Å². The van der Waals surface area contributed by atoms with Gasteiger partial charge in [0.15, 0.2) is 0 Å². The predicted octanol–water partition coefficient (Wildman–Crippen LogP) is 1.52. The van der Waals surface area contributed by atoms with E-state index in [9.17, 15) is 4.79 Å². The van der Waals surface area contributed by atoms with Gasteiger partial charge < -0.3 is 4.40 Å². The maximum atomic E-state index is 12.1. The van der Waals surface area contributed by atoms with Crippen LogP contribution in [0.2, 0.25) is 0 Å². The number of fused-ring (bicyclic) bond motifs is 1. The minimum atomic E-state index is -0.0429. The fourth-order valence-electron chi connectivity index (χ4n) is 2.12. The van der Waals surface area contributed by atoms with E-state index < -0.39 is 0 Å². The van der Waals surface area contributed by atoms with Crippen LogP contribution < -0.4 is 5.56 Å². The molecule has 0 bridgehead atoms. The Balaban J connectivity index is 1.72. The average Bonchev–Trinajstić information content (AvgIpc) is 2.92. The second kappa shape index (κ2) is 5.06. The molecule has 5 nitrogen and oxygen atoms in total. The molecule has 0 atom stereocenters. The van der Waals surface area contributed by atoms with Crippen LogP contribution in [0, 0.1) is 0 Å². The molecule has 0 saturated heterocycles. The topological polar surface area (TPSA) is 52.2 Å². The Bertz CT molecular complexity index is 730. The van der Waals surface area contributed by atoms with Crippen molar-refractivity contribution in [1.82, 2.24) is 19.2 Å². The number of hydrogen-bond acceptors (Lipinski definition) is 3. The van der Waals surface area contributed by atoms with Crippen molar-refractivity contribution in [3.05, 3.63) is 65.1 Å². The highest BCUT2D eigenvalue weighted by atomic mass is 16.1. The van der Waals surface area contributed by atoms with Gasteiger partial charge in [-0.25, -0.2) is 4.68 Å². The number of nitrogens with zero attached hydrogens (tertiary/aromatic N) is 4. The van der Waals surface area contributed by atoms with Crippen molar-refractivity contribution in [2.24, 2.45) is 0 Å². The van der Waals surface area contributed by atoms with Gasteiger partial charge >= 0.3 is 0 Å². The monoisotopic (exact) mass is 254 g/mol. The first-order chi connectivity index (χ1) is 9.34. The summed E-state index contributed by atoms with van der Waals surface area (Å²) in [6.45, 7) is 0.620. The van der Waals surface area contributed by atoms with Crippen LogP contribution in [-0.4, -0.2) is 19.2 Å². The number of aryl methyl sites for hydroxylation is 2. The SMILES string of the molecule is O=c1c2cccn2cnn1CCCc1cccnc1. The van der Waals surface area contributed by atoms with Crippen LogP contribution in [0.4, 0.5) is 0 Å². The summed E-state index contributed by atoms with van der Waals surface area (Å²) in [5.41, 5.74) is 1.80. The minimum absolute atomic E-state index is 0.0429. The first-order valence-electron chi connectivity index (χ1n) is 6.26. The van der Waals surface area contributed by atoms with Crippen molar-refractivity contribution in [3.8, 4) is 0 Å². The van der Waals surface area contributed by atoms with Gasteiger partial charge in [-0.2, -0.15) is 5.10 Å². The zero-order valence-corrected chi connectivity index (χ0v) is 10.4. The lowest BCUT2D eigenvalue weighted by atomic mass is 10.1. The average molecular weight is 254 g/mol. The molecule has 0 spiro atoms. The third-order valence-corrected chi connectivity index (χ3v) is 3.11. The Morgan fingerprint density at radius 3 is 3.00 bits per heavy atom. The second-order valence-electron chi connectivity index (χ2n) is 4.42. The van der Waals surface area contributed by atoms with Gasteiger partial charge in [0, 0.05) is 25.1 Å².